The number of hydrogen-bond donors (Lipinski definition) is 1. The van der Waals surface area contributed by atoms with Gasteiger partial charge in [0.25, 0.3) is 0 Å². The van der Waals surface area contributed by atoms with E-state index in [1.807, 2.05) is 0 Å². The summed E-state index contributed by atoms with van der Waals surface area (Å²) in [5.41, 5.74) is 1.60. The molecule has 0 saturated carbocycles. The van der Waals surface area contributed by atoms with Gasteiger partial charge >= 0.3 is 0 Å². The van der Waals surface area contributed by atoms with Crippen LogP contribution in [0.1, 0.15) is 26.3 Å². The van der Waals surface area contributed by atoms with Crippen LogP contribution in [0, 0.1) is 2.88 Å². The summed E-state index contributed by atoms with van der Waals surface area (Å²) in [5, 5.41) is 5.66. The van der Waals surface area contributed by atoms with E-state index in [0.717, 1.165) is 6.54 Å². The first kappa shape index (κ1) is 10.5. The Labute approximate surface area is 91.7 Å². The average molecular weight is 295 g/mol. The van der Waals surface area contributed by atoms with Crippen molar-refractivity contribution in [3.05, 3.63) is 19.9 Å². The molecule has 0 aliphatic rings. The molecule has 0 atom stereocenters. The summed E-state index contributed by atoms with van der Waals surface area (Å²) in [5.74, 6) is 0. The molecule has 1 aromatic rings. The zero-order chi connectivity index (χ0) is 9.19. The Morgan fingerprint density at radius 1 is 1.50 bits per heavy atom. The number of thiophene rings is 1. The van der Waals surface area contributed by atoms with Gasteiger partial charge in [-0.05, 0) is 60.4 Å². The van der Waals surface area contributed by atoms with E-state index in [1.54, 1.807) is 11.3 Å². The molecule has 1 aromatic heterocycles. The van der Waals surface area contributed by atoms with Crippen molar-refractivity contribution in [2.75, 3.05) is 0 Å². The Bertz CT molecular complexity index is 249. The first-order valence-electron chi connectivity index (χ1n) is 3.95. The van der Waals surface area contributed by atoms with Gasteiger partial charge in [-0.3, -0.25) is 0 Å². The Hall–Kier alpha value is 0.390. The topological polar surface area (TPSA) is 12.0 Å². The van der Waals surface area contributed by atoms with Crippen molar-refractivity contribution in [2.45, 2.75) is 32.9 Å². The monoisotopic (exact) mass is 295 g/mol. The number of halogens is 1. The van der Waals surface area contributed by atoms with Crippen LogP contribution in [0.2, 0.25) is 0 Å². The molecule has 0 aliphatic carbocycles. The molecular formula is C9H14INS. The Kier molecular flexibility index (Phi) is 3.55. The van der Waals surface area contributed by atoms with Gasteiger partial charge in [-0.25, -0.2) is 0 Å². The second-order valence-corrected chi connectivity index (χ2v) is 6.67. The Balaban J connectivity index is 2.44. The van der Waals surface area contributed by atoms with Crippen LogP contribution in [-0.4, -0.2) is 5.54 Å². The molecule has 1 N–H and O–H groups in total. The lowest BCUT2D eigenvalue weighted by molar-refractivity contribution is 0.424. The van der Waals surface area contributed by atoms with E-state index in [0.29, 0.717) is 0 Å². The van der Waals surface area contributed by atoms with Crippen LogP contribution < -0.4 is 5.32 Å². The third kappa shape index (κ3) is 3.87. The van der Waals surface area contributed by atoms with Gasteiger partial charge in [-0.1, -0.05) is 0 Å². The van der Waals surface area contributed by atoms with E-state index >= 15 is 0 Å². The molecule has 0 saturated heterocycles. The molecule has 0 bridgehead atoms. The lowest BCUT2D eigenvalue weighted by Gasteiger charge is -2.19. The lowest BCUT2D eigenvalue weighted by atomic mass is 10.1. The summed E-state index contributed by atoms with van der Waals surface area (Å²) in [6.45, 7) is 7.53. The van der Waals surface area contributed by atoms with E-state index < -0.39 is 0 Å². The van der Waals surface area contributed by atoms with Gasteiger partial charge in [0.1, 0.15) is 0 Å². The van der Waals surface area contributed by atoms with Crippen molar-refractivity contribution < 1.29 is 0 Å². The van der Waals surface area contributed by atoms with Gasteiger partial charge in [-0.15, -0.1) is 11.3 Å². The zero-order valence-electron chi connectivity index (χ0n) is 7.65. The van der Waals surface area contributed by atoms with Crippen molar-refractivity contribution in [1.82, 2.24) is 5.32 Å². The minimum atomic E-state index is 0.216. The Morgan fingerprint density at radius 2 is 2.17 bits per heavy atom. The molecule has 0 unspecified atom stereocenters. The minimum Gasteiger partial charge on any atom is -0.308 e. The highest BCUT2D eigenvalue weighted by Gasteiger charge is 2.08. The summed E-state index contributed by atoms with van der Waals surface area (Å²) in [6.07, 6.45) is 0. The fourth-order valence-corrected chi connectivity index (χ4v) is 2.22. The Morgan fingerprint density at radius 3 is 2.58 bits per heavy atom. The molecule has 68 valence electrons. The molecule has 1 rings (SSSR count). The molecule has 3 heteroatoms. The van der Waals surface area contributed by atoms with Crippen LogP contribution in [0.4, 0.5) is 0 Å². The molecule has 0 fully saturated rings. The maximum atomic E-state index is 3.45. The quantitative estimate of drug-likeness (QED) is 0.826. The van der Waals surface area contributed by atoms with Crippen molar-refractivity contribution in [3.8, 4) is 0 Å². The van der Waals surface area contributed by atoms with Gasteiger partial charge in [0.15, 0.2) is 0 Å². The summed E-state index contributed by atoms with van der Waals surface area (Å²) in [4.78, 5) is 0. The van der Waals surface area contributed by atoms with Gasteiger partial charge < -0.3 is 5.32 Å². The number of nitrogens with one attached hydrogen (secondary N) is 1. The zero-order valence-corrected chi connectivity index (χ0v) is 10.6. The smallest absolute Gasteiger partial charge is 0.0656 e. The molecule has 1 heterocycles. The van der Waals surface area contributed by atoms with Crippen molar-refractivity contribution in [2.24, 2.45) is 0 Å². The second-order valence-electron chi connectivity index (χ2n) is 3.86. The highest BCUT2D eigenvalue weighted by Crippen LogP contribution is 2.16. The van der Waals surface area contributed by atoms with Crippen LogP contribution >= 0.6 is 33.9 Å². The fraction of sp³-hybridized carbons (Fsp3) is 0.556. The molecule has 0 aliphatic heterocycles. The van der Waals surface area contributed by atoms with Crippen LogP contribution in [0.15, 0.2) is 11.4 Å². The predicted octanol–water partition coefficient (Wildman–Crippen LogP) is 3.24. The molecule has 0 radical (unpaired) electrons. The summed E-state index contributed by atoms with van der Waals surface area (Å²) < 4.78 is 1.36. The highest BCUT2D eigenvalue weighted by molar-refractivity contribution is 14.1. The molecule has 12 heavy (non-hydrogen) atoms. The predicted molar refractivity (Wildman–Crippen MR) is 63.6 cm³/mol. The van der Waals surface area contributed by atoms with E-state index in [4.69, 9.17) is 0 Å². The van der Waals surface area contributed by atoms with Gasteiger partial charge in [-0.2, -0.15) is 0 Å². The fourth-order valence-electron chi connectivity index (χ4n) is 0.806. The number of rotatable bonds is 2. The normalized spacial score (nSPS) is 12.0. The van der Waals surface area contributed by atoms with E-state index in [9.17, 15) is 0 Å². The van der Waals surface area contributed by atoms with Gasteiger partial charge in [0.2, 0.25) is 0 Å². The first-order chi connectivity index (χ1) is 5.47. The van der Waals surface area contributed by atoms with E-state index in [-0.39, 0.29) is 5.54 Å². The third-order valence-corrected chi connectivity index (χ3v) is 3.28. The summed E-state index contributed by atoms with van der Waals surface area (Å²) in [6, 6.07) is 2.23. The molecule has 0 spiro atoms. The van der Waals surface area contributed by atoms with Crippen LogP contribution in [0.25, 0.3) is 0 Å². The largest absolute Gasteiger partial charge is 0.308 e. The van der Waals surface area contributed by atoms with Crippen molar-refractivity contribution in [1.29, 1.82) is 0 Å². The second kappa shape index (κ2) is 4.07. The summed E-state index contributed by atoms with van der Waals surface area (Å²) in [7, 11) is 0. The SMILES string of the molecule is CC(C)(C)NCc1csc(I)c1. The first-order valence-corrected chi connectivity index (χ1v) is 5.91. The standard InChI is InChI=1S/C9H14INS/c1-9(2,3)11-5-7-4-8(10)12-6-7/h4,6,11H,5H2,1-3H3. The van der Waals surface area contributed by atoms with Crippen molar-refractivity contribution >= 4 is 33.9 Å². The molecule has 0 amide bonds. The lowest BCUT2D eigenvalue weighted by Crippen LogP contribution is -2.34. The molecular weight excluding hydrogens is 281 g/mol. The van der Waals surface area contributed by atoms with Crippen LogP contribution in [-0.2, 0) is 6.54 Å². The van der Waals surface area contributed by atoms with Crippen LogP contribution in [0.3, 0.4) is 0 Å². The average Bonchev–Trinajstić information content (AvgIpc) is 2.30. The van der Waals surface area contributed by atoms with E-state index in [1.165, 1.54) is 8.45 Å². The minimum absolute atomic E-state index is 0.216. The van der Waals surface area contributed by atoms with Gasteiger partial charge in [0, 0.05) is 12.1 Å². The maximum absolute atomic E-state index is 3.45. The summed E-state index contributed by atoms with van der Waals surface area (Å²) >= 11 is 4.15. The maximum Gasteiger partial charge on any atom is 0.0656 e. The molecule has 1 nitrogen and oxygen atoms in total. The van der Waals surface area contributed by atoms with Crippen LogP contribution in [0.5, 0.6) is 0 Å². The third-order valence-electron chi connectivity index (χ3n) is 1.44. The number of hydrogen-bond acceptors (Lipinski definition) is 2. The molecule has 0 aromatic carbocycles. The van der Waals surface area contributed by atoms with Gasteiger partial charge in [0.05, 0.1) is 2.88 Å². The highest BCUT2D eigenvalue weighted by atomic mass is 127. The van der Waals surface area contributed by atoms with E-state index in [2.05, 4.69) is 60.1 Å². The van der Waals surface area contributed by atoms with Crippen molar-refractivity contribution in [3.63, 3.8) is 0 Å².